The van der Waals surface area contributed by atoms with Crippen molar-refractivity contribution in [2.75, 3.05) is 0 Å². The Morgan fingerprint density at radius 2 is 2.06 bits per heavy atom. The summed E-state index contributed by atoms with van der Waals surface area (Å²) in [5, 5.41) is 26.5. The molecule has 0 radical (unpaired) electrons. The van der Waals surface area contributed by atoms with E-state index >= 15 is 0 Å². The molecule has 5 nitrogen and oxygen atoms in total. The number of carbonyl (C=O) groups excluding carboxylic acids is 1. The van der Waals surface area contributed by atoms with Crippen molar-refractivity contribution in [2.24, 2.45) is 0 Å². The minimum atomic E-state index is -1.62. The van der Waals surface area contributed by atoms with Crippen molar-refractivity contribution in [3.05, 3.63) is 41.5 Å². The van der Waals surface area contributed by atoms with E-state index in [1.54, 1.807) is 24.3 Å². The maximum Gasteiger partial charge on any atom is 0.376 e. The standard InChI is InChI=1S/C13H11NO4/c14-6-2-4-9-3-1-5-10(7-9)11(15)8-12(16)13(17)18/h1,3,5,7-8,15H,2,4H2,(H,17,18)/b11-8+. The fraction of sp³-hybridized carbons (Fsp3) is 0.154. The van der Waals surface area contributed by atoms with Crippen LogP contribution in [0.25, 0.3) is 5.76 Å². The number of nitriles is 1. The van der Waals surface area contributed by atoms with Crippen molar-refractivity contribution >= 4 is 17.5 Å². The van der Waals surface area contributed by atoms with E-state index in [0.717, 1.165) is 5.56 Å². The third kappa shape index (κ3) is 3.76. The maximum absolute atomic E-state index is 10.9. The lowest BCUT2D eigenvalue weighted by molar-refractivity contribution is -0.146. The van der Waals surface area contributed by atoms with E-state index in [0.29, 0.717) is 24.5 Å². The fourth-order valence-electron chi connectivity index (χ4n) is 1.36. The zero-order valence-corrected chi connectivity index (χ0v) is 9.46. The van der Waals surface area contributed by atoms with Crippen LogP contribution in [0.4, 0.5) is 0 Å². The molecule has 1 rings (SSSR count). The molecule has 0 amide bonds. The summed E-state index contributed by atoms with van der Waals surface area (Å²) in [6, 6.07) is 8.61. The van der Waals surface area contributed by atoms with E-state index in [-0.39, 0.29) is 0 Å². The van der Waals surface area contributed by atoms with Gasteiger partial charge in [0.05, 0.1) is 6.07 Å². The molecule has 5 heteroatoms. The van der Waals surface area contributed by atoms with E-state index in [1.807, 2.05) is 6.07 Å². The summed E-state index contributed by atoms with van der Waals surface area (Å²) in [6.07, 6.45) is 1.54. The summed E-state index contributed by atoms with van der Waals surface area (Å²) < 4.78 is 0. The van der Waals surface area contributed by atoms with Gasteiger partial charge in [0.2, 0.25) is 0 Å². The number of carboxylic acids is 1. The van der Waals surface area contributed by atoms with Crippen molar-refractivity contribution < 1.29 is 19.8 Å². The Morgan fingerprint density at radius 3 is 2.67 bits per heavy atom. The van der Waals surface area contributed by atoms with Crippen LogP contribution in [0.2, 0.25) is 0 Å². The summed E-state index contributed by atoms with van der Waals surface area (Å²) >= 11 is 0. The molecular weight excluding hydrogens is 234 g/mol. The number of carboxylic acid groups (broad SMARTS) is 1. The van der Waals surface area contributed by atoms with Gasteiger partial charge < -0.3 is 10.2 Å². The zero-order valence-electron chi connectivity index (χ0n) is 9.46. The van der Waals surface area contributed by atoms with Crippen LogP contribution in [0.5, 0.6) is 0 Å². The van der Waals surface area contributed by atoms with Gasteiger partial charge in [-0.1, -0.05) is 18.2 Å². The van der Waals surface area contributed by atoms with Crippen LogP contribution in [-0.4, -0.2) is 22.0 Å². The lowest BCUT2D eigenvalue weighted by Crippen LogP contribution is -2.09. The summed E-state index contributed by atoms with van der Waals surface area (Å²) in [7, 11) is 0. The monoisotopic (exact) mass is 245 g/mol. The maximum atomic E-state index is 10.9. The van der Waals surface area contributed by atoms with Gasteiger partial charge in [-0.05, 0) is 18.1 Å². The molecule has 0 atom stereocenters. The van der Waals surface area contributed by atoms with Crippen LogP contribution in [0.15, 0.2) is 30.3 Å². The molecule has 0 aromatic heterocycles. The molecule has 0 saturated carbocycles. The molecule has 0 unspecified atom stereocenters. The van der Waals surface area contributed by atoms with Crippen molar-refractivity contribution in [1.29, 1.82) is 5.26 Å². The van der Waals surface area contributed by atoms with Gasteiger partial charge in [0.25, 0.3) is 5.78 Å². The fourth-order valence-corrected chi connectivity index (χ4v) is 1.36. The Morgan fingerprint density at radius 1 is 1.33 bits per heavy atom. The summed E-state index contributed by atoms with van der Waals surface area (Å²) in [5.41, 5.74) is 1.18. The summed E-state index contributed by atoms with van der Waals surface area (Å²) in [5.74, 6) is -3.21. The molecule has 0 spiro atoms. The molecule has 2 N–H and O–H groups in total. The van der Waals surface area contributed by atoms with Gasteiger partial charge in [-0.15, -0.1) is 0 Å². The number of aliphatic carboxylic acids is 1. The first-order chi connectivity index (χ1) is 8.54. The van der Waals surface area contributed by atoms with Gasteiger partial charge in [-0.2, -0.15) is 5.26 Å². The van der Waals surface area contributed by atoms with Gasteiger partial charge in [0.15, 0.2) is 0 Å². The molecule has 18 heavy (non-hydrogen) atoms. The van der Waals surface area contributed by atoms with Gasteiger partial charge in [0, 0.05) is 18.1 Å². The van der Waals surface area contributed by atoms with Gasteiger partial charge in [0.1, 0.15) is 5.76 Å². The third-order valence-electron chi connectivity index (χ3n) is 2.23. The van der Waals surface area contributed by atoms with E-state index < -0.39 is 17.5 Å². The first-order valence-corrected chi connectivity index (χ1v) is 5.18. The number of aliphatic hydroxyl groups excluding tert-OH is 1. The van der Waals surface area contributed by atoms with Gasteiger partial charge in [-0.25, -0.2) is 4.79 Å². The number of hydrogen-bond donors (Lipinski definition) is 2. The van der Waals surface area contributed by atoms with Crippen molar-refractivity contribution in [2.45, 2.75) is 12.8 Å². The second kappa shape index (κ2) is 6.21. The highest BCUT2D eigenvalue weighted by Gasteiger charge is 2.10. The van der Waals surface area contributed by atoms with Crippen LogP contribution in [0.3, 0.4) is 0 Å². The molecule has 0 fully saturated rings. The average Bonchev–Trinajstić information content (AvgIpc) is 2.36. The largest absolute Gasteiger partial charge is 0.507 e. The topological polar surface area (TPSA) is 98.4 Å². The Kier molecular flexibility index (Phi) is 4.64. The molecule has 0 heterocycles. The zero-order chi connectivity index (χ0) is 13.5. The number of benzene rings is 1. The summed E-state index contributed by atoms with van der Waals surface area (Å²) in [6.45, 7) is 0. The first-order valence-electron chi connectivity index (χ1n) is 5.18. The molecule has 0 aliphatic carbocycles. The molecular formula is C13H11NO4. The molecule has 0 aliphatic heterocycles. The average molecular weight is 245 g/mol. The smallest absolute Gasteiger partial charge is 0.376 e. The number of aliphatic hydroxyl groups is 1. The van der Waals surface area contributed by atoms with E-state index in [2.05, 4.69) is 0 Å². The van der Waals surface area contributed by atoms with Crippen molar-refractivity contribution in [1.82, 2.24) is 0 Å². The number of carbonyl (C=O) groups is 2. The first kappa shape index (κ1) is 13.5. The van der Waals surface area contributed by atoms with Crippen LogP contribution in [0, 0.1) is 11.3 Å². The lowest BCUT2D eigenvalue weighted by Gasteiger charge is -2.02. The van der Waals surface area contributed by atoms with Crippen LogP contribution >= 0.6 is 0 Å². The SMILES string of the molecule is N#CCCc1cccc(/C(O)=C\C(=O)C(=O)O)c1. The number of ketones is 1. The minimum absolute atomic E-state index is 0.347. The highest BCUT2D eigenvalue weighted by Crippen LogP contribution is 2.14. The molecule has 0 aliphatic rings. The van der Waals surface area contributed by atoms with Gasteiger partial charge >= 0.3 is 5.97 Å². The lowest BCUT2D eigenvalue weighted by atomic mass is 10.1. The van der Waals surface area contributed by atoms with Crippen LogP contribution in [0.1, 0.15) is 17.5 Å². The quantitative estimate of drug-likeness (QED) is 0.467. The Labute approximate surface area is 104 Å². The van der Waals surface area contributed by atoms with E-state index in [4.69, 9.17) is 10.4 Å². The number of hydrogen-bond acceptors (Lipinski definition) is 4. The highest BCUT2D eigenvalue weighted by molar-refractivity contribution is 6.38. The predicted octanol–water partition coefficient (Wildman–Crippen LogP) is 1.70. The number of nitrogens with zero attached hydrogens (tertiary/aromatic N) is 1. The normalized spacial score (nSPS) is 10.7. The molecule has 0 saturated heterocycles. The van der Waals surface area contributed by atoms with E-state index in [1.165, 1.54) is 0 Å². The Hall–Kier alpha value is -2.61. The Bertz CT molecular complexity index is 540. The van der Waals surface area contributed by atoms with Crippen molar-refractivity contribution in [3.63, 3.8) is 0 Å². The van der Waals surface area contributed by atoms with Gasteiger partial charge in [-0.3, -0.25) is 4.79 Å². The Balaban J connectivity index is 2.93. The summed E-state index contributed by atoms with van der Waals surface area (Å²) in [4.78, 5) is 21.2. The third-order valence-corrected chi connectivity index (χ3v) is 2.23. The van der Waals surface area contributed by atoms with Crippen molar-refractivity contribution in [3.8, 4) is 6.07 Å². The highest BCUT2D eigenvalue weighted by atomic mass is 16.4. The minimum Gasteiger partial charge on any atom is -0.507 e. The second-order valence-electron chi connectivity index (χ2n) is 3.56. The number of aryl methyl sites for hydroxylation is 1. The molecule has 0 bridgehead atoms. The second-order valence-corrected chi connectivity index (χ2v) is 3.56. The molecule has 92 valence electrons. The molecule has 1 aromatic rings. The van der Waals surface area contributed by atoms with E-state index in [9.17, 15) is 14.7 Å². The van der Waals surface area contributed by atoms with Crippen LogP contribution in [-0.2, 0) is 16.0 Å². The van der Waals surface area contributed by atoms with Crippen LogP contribution < -0.4 is 0 Å². The molecule has 1 aromatic carbocycles. The number of rotatable bonds is 5. The predicted molar refractivity (Wildman–Crippen MR) is 63.6 cm³/mol.